The van der Waals surface area contributed by atoms with Crippen molar-refractivity contribution in [3.05, 3.63) is 47.2 Å². The van der Waals surface area contributed by atoms with Crippen molar-refractivity contribution in [2.75, 3.05) is 5.32 Å². The predicted octanol–water partition coefficient (Wildman–Crippen LogP) is 3.22. The number of carbonyl (C=O) groups is 1. The molecule has 0 saturated heterocycles. The number of fused-ring (bicyclic) bond motifs is 1. The minimum absolute atomic E-state index is 0.0951. The summed E-state index contributed by atoms with van der Waals surface area (Å²) in [6, 6.07) is 3.84. The molecule has 110 valence electrons. The van der Waals surface area contributed by atoms with E-state index >= 15 is 0 Å². The molecular weight excluding hydrogens is 276 g/mol. The average molecular weight is 291 g/mol. The second kappa shape index (κ2) is 4.95. The molecule has 0 bridgehead atoms. The van der Waals surface area contributed by atoms with E-state index in [9.17, 15) is 13.6 Å². The van der Waals surface area contributed by atoms with E-state index in [1.807, 2.05) is 13.8 Å². The second-order valence-electron chi connectivity index (χ2n) is 5.47. The third-order valence-corrected chi connectivity index (χ3v) is 3.68. The predicted molar refractivity (Wildman–Crippen MR) is 74.1 cm³/mol. The molecule has 21 heavy (non-hydrogen) atoms. The van der Waals surface area contributed by atoms with Gasteiger partial charge in [0.05, 0.1) is 6.20 Å². The zero-order chi connectivity index (χ0) is 15.1. The van der Waals surface area contributed by atoms with Crippen LogP contribution in [0.4, 0.5) is 14.6 Å². The number of nitrogens with zero attached hydrogens (tertiary/aromatic N) is 2. The van der Waals surface area contributed by atoms with E-state index in [1.165, 1.54) is 6.07 Å². The monoisotopic (exact) mass is 291 g/mol. The van der Waals surface area contributed by atoms with Gasteiger partial charge in [0.2, 0.25) is 5.91 Å². The van der Waals surface area contributed by atoms with Gasteiger partial charge in [-0.3, -0.25) is 4.79 Å². The van der Waals surface area contributed by atoms with Crippen molar-refractivity contribution >= 4 is 11.7 Å². The van der Waals surface area contributed by atoms with Crippen molar-refractivity contribution in [2.45, 2.75) is 32.2 Å². The minimum atomic E-state index is -0.906. The van der Waals surface area contributed by atoms with Crippen molar-refractivity contribution in [3.63, 3.8) is 0 Å². The zero-order valence-corrected chi connectivity index (χ0v) is 11.7. The summed E-state index contributed by atoms with van der Waals surface area (Å²) in [5.74, 6) is -1.62. The van der Waals surface area contributed by atoms with Gasteiger partial charge in [0.15, 0.2) is 11.6 Å². The van der Waals surface area contributed by atoms with Crippen LogP contribution >= 0.6 is 0 Å². The maximum absolute atomic E-state index is 13.4. The van der Waals surface area contributed by atoms with E-state index in [-0.39, 0.29) is 24.3 Å². The zero-order valence-electron chi connectivity index (χ0n) is 11.7. The lowest BCUT2D eigenvalue weighted by atomic mass is 9.87. The average Bonchev–Trinajstić information content (AvgIpc) is 2.84. The van der Waals surface area contributed by atoms with E-state index in [4.69, 9.17) is 0 Å². The normalized spacial score (nSPS) is 17.8. The molecule has 1 N–H and O–H groups in total. The number of nitrogens with one attached hydrogen (secondary N) is 1. The van der Waals surface area contributed by atoms with E-state index in [0.29, 0.717) is 11.4 Å². The van der Waals surface area contributed by atoms with Crippen LogP contribution in [-0.4, -0.2) is 15.7 Å². The van der Waals surface area contributed by atoms with Gasteiger partial charge < -0.3 is 5.32 Å². The highest BCUT2D eigenvalue weighted by molar-refractivity contribution is 5.94. The number of benzene rings is 1. The first kappa shape index (κ1) is 13.7. The van der Waals surface area contributed by atoms with Crippen LogP contribution in [0.5, 0.6) is 0 Å². The van der Waals surface area contributed by atoms with Crippen LogP contribution in [0.25, 0.3) is 0 Å². The Morgan fingerprint density at radius 1 is 1.33 bits per heavy atom. The van der Waals surface area contributed by atoms with Gasteiger partial charge in [0.25, 0.3) is 0 Å². The third kappa shape index (κ3) is 2.30. The Balaban J connectivity index is 2.09. The van der Waals surface area contributed by atoms with Crippen LogP contribution in [-0.2, 0) is 4.79 Å². The molecule has 0 unspecified atom stereocenters. The highest BCUT2D eigenvalue weighted by atomic mass is 19.2. The molecule has 1 aromatic carbocycles. The molecule has 0 radical (unpaired) electrons. The summed E-state index contributed by atoms with van der Waals surface area (Å²) in [5, 5.41) is 7.09. The maximum Gasteiger partial charge on any atom is 0.226 e. The van der Waals surface area contributed by atoms with Crippen molar-refractivity contribution in [1.29, 1.82) is 0 Å². The first-order valence-corrected chi connectivity index (χ1v) is 6.79. The Bertz CT molecular complexity index is 709. The van der Waals surface area contributed by atoms with Gasteiger partial charge in [-0.1, -0.05) is 6.07 Å². The molecule has 0 saturated carbocycles. The molecule has 0 spiro atoms. The Hall–Kier alpha value is -2.24. The number of hydrogen-bond acceptors (Lipinski definition) is 2. The number of amides is 1. The fourth-order valence-corrected chi connectivity index (χ4v) is 2.66. The molecule has 2 aromatic rings. The van der Waals surface area contributed by atoms with Crippen LogP contribution in [0, 0.1) is 11.6 Å². The van der Waals surface area contributed by atoms with Gasteiger partial charge >= 0.3 is 0 Å². The summed E-state index contributed by atoms with van der Waals surface area (Å²) in [6.07, 6.45) is 1.88. The van der Waals surface area contributed by atoms with Gasteiger partial charge in [-0.05, 0) is 31.5 Å². The molecule has 1 aliphatic heterocycles. The molecule has 1 amide bonds. The van der Waals surface area contributed by atoms with Crippen molar-refractivity contribution < 1.29 is 13.6 Å². The number of rotatable bonds is 2. The lowest BCUT2D eigenvalue weighted by Gasteiger charge is -2.24. The molecule has 1 aromatic heterocycles. The largest absolute Gasteiger partial charge is 0.311 e. The SMILES string of the molecule is CC(C)n1ncc2c1NC(=O)C[C@@H]2c1ccc(F)c(F)c1. The van der Waals surface area contributed by atoms with Gasteiger partial charge in [0.1, 0.15) is 5.82 Å². The first-order valence-electron chi connectivity index (χ1n) is 6.79. The van der Waals surface area contributed by atoms with Crippen molar-refractivity contribution in [2.24, 2.45) is 0 Å². The summed E-state index contributed by atoms with van der Waals surface area (Å²) in [4.78, 5) is 11.9. The van der Waals surface area contributed by atoms with Gasteiger partial charge in [-0.15, -0.1) is 0 Å². The smallest absolute Gasteiger partial charge is 0.226 e. The van der Waals surface area contributed by atoms with Crippen LogP contribution < -0.4 is 5.32 Å². The van der Waals surface area contributed by atoms with Gasteiger partial charge in [-0.2, -0.15) is 5.10 Å². The molecule has 0 aliphatic carbocycles. The molecule has 6 heteroatoms. The maximum atomic E-state index is 13.4. The Morgan fingerprint density at radius 3 is 2.76 bits per heavy atom. The lowest BCUT2D eigenvalue weighted by molar-refractivity contribution is -0.116. The van der Waals surface area contributed by atoms with Crippen molar-refractivity contribution in [1.82, 2.24) is 9.78 Å². The molecule has 0 fully saturated rings. The van der Waals surface area contributed by atoms with Gasteiger partial charge in [-0.25, -0.2) is 13.5 Å². The minimum Gasteiger partial charge on any atom is -0.311 e. The third-order valence-electron chi connectivity index (χ3n) is 3.68. The van der Waals surface area contributed by atoms with Crippen molar-refractivity contribution in [3.8, 4) is 0 Å². The highest BCUT2D eigenvalue weighted by Gasteiger charge is 2.30. The molecular formula is C15H15F2N3O. The number of halogens is 2. The van der Waals surface area contributed by atoms with Crippen LogP contribution in [0.15, 0.2) is 24.4 Å². The van der Waals surface area contributed by atoms with Gasteiger partial charge in [0, 0.05) is 23.9 Å². The molecule has 1 atom stereocenters. The molecule has 3 rings (SSSR count). The summed E-state index contributed by atoms with van der Waals surface area (Å²) in [7, 11) is 0. The lowest BCUT2D eigenvalue weighted by Crippen LogP contribution is -2.25. The van der Waals surface area contributed by atoms with E-state index in [1.54, 1.807) is 10.9 Å². The fourth-order valence-electron chi connectivity index (χ4n) is 2.66. The summed E-state index contributed by atoms with van der Waals surface area (Å²) < 4.78 is 28.2. The number of anilines is 1. The van der Waals surface area contributed by atoms with E-state index in [2.05, 4.69) is 10.4 Å². The molecule has 1 aliphatic rings. The number of aromatic nitrogens is 2. The molecule has 2 heterocycles. The summed E-state index contributed by atoms with van der Waals surface area (Å²) in [6.45, 7) is 3.92. The number of hydrogen-bond donors (Lipinski definition) is 1. The van der Waals surface area contributed by atoms with Crippen LogP contribution in [0.2, 0.25) is 0 Å². The Morgan fingerprint density at radius 2 is 2.10 bits per heavy atom. The quantitative estimate of drug-likeness (QED) is 0.923. The van der Waals surface area contributed by atoms with Crippen LogP contribution in [0.1, 0.15) is 43.4 Å². The van der Waals surface area contributed by atoms with E-state index < -0.39 is 11.6 Å². The summed E-state index contributed by atoms with van der Waals surface area (Å²) >= 11 is 0. The van der Waals surface area contributed by atoms with Crippen LogP contribution in [0.3, 0.4) is 0 Å². The van der Waals surface area contributed by atoms with E-state index in [0.717, 1.165) is 17.7 Å². The molecule has 4 nitrogen and oxygen atoms in total. The topological polar surface area (TPSA) is 46.9 Å². The summed E-state index contributed by atoms with van der Waals surface area (Å²) in [5.41, 5.74) is 1.41. The number of carbonyl (C=O) groups excluding carboxylic acids is 1. The fraction of sp³-hybridized carbons (Fsp3) is 0.333. The first-order chi connectivity index (χ1) is 9.97. The Labute approximate surface area is 120 Å². The Kier molecular flexibility index (Phi) is 3.23. The standard InChI is InChI=1S/C15H15F2N3O/c1-8(2)20-15-11(7-18-20)10(6-14(21)19-15)9-3-4-12(16)13(17)5-9/h3-5,7-8,10H,6H2,1-2H3,(H,19,21)/t10-/m1/s1. The second-order valence-corrected chi connectivity index (χ2v) is 5.47. The highest BCUT2D eigenvalue weighted by Crippen LogP contribution is 2.38.